The van der Waals surface area contributed by atoms with E-state index in [1.54, 1.807) is 0 Å². The second-order valence-electron chi connectivity index (χ2n) is 7.79. The van der Waals surface area contributed by atoms with Crippen LogP contribution in [0.5, 0.6) is 0 Å². The van der Waals surface area contributed by atoms with Crippen LogP contribution < -0.4 is 10.4 Å². The van der Waals surface area contributed by atoms with Crippen molar-refractivity contribution < 1.29 is 15.0 Å². The number of hydrogen-bond acceptors (Lipinski definition) is 3. The molecule has 170 valence electrons. The van der Waals surface area contributed by atoms with Gasteiger partial charge in [-0.2, -0.15) is 0 Å². The quantitative estimate of drug-likeness (QED) is 0.196. The summed E-state index contributed by atoms with van der Waals surface area (Å²) < 4.78 is 0. The Bertz CT molecular complexity index is 557. The highest BCUT2D eigenvalue weighted by Crippen LogP contribution is 2.07. The first-order valence-electron chi connectivity index (χ1n) is 11.4. The number of nitrogens with one attached hydrogen (secondary N) is 1. The van der Waals surface area contributed by atoms with Gasteiger partial charge in [0.2, 0.25) is 5.91 Å². The molecule has 30 heavy (non-hydrogen) atoms. The van der Waals surface area contributed by atoms with Crippen molar-refractivity contribution in [3.05, 3.63) is 60.8 Å². The molecule has 0 aliphatic heterocycles. The summed E-state index contributed by atoms with van der Waals surface area (Å²) in [6.45, 7) is 6.06. The van der Waals surface area contributed by atoms with Crippen molar-refractivity contribution >= 4 is 5.91 Å². The van der Waals surface area contributed by atoms with Crippen molar-refractivity contribution in [3.8, 4) is 0 Å². The molecule has 0 aromatic heterocycles. The van der Waals surface area contributed by atoms with Crippen molar-refractivity contribution in [1.82, 2.24) is 5.32 Å². The lowest BCUT2D eigenvalue weighted by Crippen LogP contribution is -2.50. The van der Waals surface area contributed by atoms with Crippen LogP contribution in [0.25, 0.3) is 0 Å². The van der Waals surface area contributed by atoms with Crippen LogP contribution in [0.1, 0.15) is 78.6 Å². The van der Waals surface area contributed by atoms with Gasteiger partial charge in [-0.05, 0) is 63.6 Å². The molecule has 0 bridgehead atoms. The third-order valence-corrected chi connectivity index (χ3v) is 4.35. The van der Waals surface area contributed by atoms with Gasteiger partial charge in [0.15, 0.2) is 0 Å². The van der Waals surface area contributed by atoms with Gasteiger partial charge in [-0.3, -0.25) is 4.79 Å². The molecule has 0 rings (SSSR count). The molecular formula is C26H42NO3-. The summed E-state index contributed by atoms with van der Waals surface area (Å²) >= 11 is 0. The first-order valence-corrected chi connectivity index (χ1v) is 11.4. The third-order valence-electron chi connectivity index (χ3n) is 4.35. The van der Waals surface area contributed by atoms with Gasteiger partial charge in [0, 0.05) is 12.5 Å². The number of unbranched alkanes of at least 4 members (excludes halogenated alkanes) is 1. The zero-order valence-electron chi connectivity index (χ0n) is 19.1. The zero-order valence-corrected chi connectivity index (χ0v) is 19.1. The Morgan fingerprint density at radius 2 is 1.33 bits per heavy atom. The van der Waals surface area contributed by atoms with Crippen molar-refractivity contribution in [3.63, 3.8) is 0 Å². The number of allylic oxidation sites excluding steroid dienone is 10. The van der Waals surface area contributed by atoms with Gasteiger partial charge in [-0.25, -0.2) is 0 Å². The molecule has 0 fully saturated rings. The van der Waals surface area contributed by atoms with Gasteiger partial charge in [0.1, 0.15) is 0 Å². The topological polar surface area (TPSA) is 72.4 Å². The lowest BCUT2D eigenvalue weighted by atomic mass is 10.0. The Hall–Kier alpha value is -1.91. The second-order valence-corrected chi connectivity index (χ2v) is 7.79. The van der Waals surface area contributed by atoms with Gasteiger partial charge in [0.25, 0.3) is 0 Å². The fraction of sp³-hybridized carbons (Fsp3) is 0.577. The predicted octanol–water partition coefficient (Wildman–Crippen LogP) is 5.12. The van der Waals surface area contributed by atoms with Crippen molar-refractivity contribution in [2.24, 2.45) is 5.92 Å². The number of aliphatic hydroxyl groups excluding tert-OH is 1. The van der Waals surface area contributed by atoms with Gasteiger partial charge < -0.3 is 15.5 Å². The Balaban J connectivity index is 3.75. The van der Waals surface area contributed by atoms with Crippen molar-refractivity contribution in [2.45, 2.75) is 90.9 Å². The van der Waals surface area contributed by atoms with E-state index in [2.05, 4.69) is 73.0 Å². The van der Waals surface area contributed by atoms with E-state index in [0.29, 0.717) is 12.8 Å². The highest BCUT2D eigenvalue weighted by Gasteiger charge is 2.14. The smallest absolute Gasteiger partial charge is 0.220 e. The molecule has 0 saturated carbocycles. The molecule has 0 aromatic rings. The van der Waals surface area contributed by atoms with E-state index in [9.17, 15) is 15.0 Å². The minimum atomic E-state index is -1.76. The maximum atomic E-state index is 11.9. The molecule has 0 aliphatic rings. The zero-order chi connectivity index (χ0) is 22.5. The molecule has 0 aliphatic carbocycles. The predicted molar refractivity (Wildman–Crippen MR) is 126 cm³/mol. The lowest BCUT2D eigenvalue weighted by Gasteiger charge is -2.29. The highest BCUT2D eigenvalue weighted by atomic mass is 16.5. The first kappa shape index (κ1) is 28.1. The van der Waals surface area contributed by atoms with Crippen LogP contribution in [-0.2, 0) is 4.79 Å². The average molecular weight is 417 g/mol. The normalized spacial score (nSPS) is 14.9. The number of rotatable bonds is 17. The van der Waals surface area contributed by atoms with Gasteiger partial charge in [-0.15, -0.1) is 0 Å². The molecule has 1 unspecified atom stereocenters. The Labute approximate surface area is 184 Å². The monoisotopic (exact) mass is 416 g/mol. The van der Waals surface area contributed by atoms with Gasteiger partial charge in [0.05, 0.1) is 0 Å². The molecule has 4 heteroatoms. The van der Waals surface area contributed by atoms with Crippen LogP contribution in [0.15, 0.2) is 60.8 Å². The van der Waals surface area contributed by atoms with E-state index < -0.39 is 12.3 Å². The van der Waals surface area contributed by atoms with Crippen LogP contribution in [0.3, 0.4) is 0 Å². The van der Waals surface area contributed by atoms with E-state index in [-0.39, 0.29) is 11.8 Å². The molecular weight excluding hydrogens is 374 g/mol. The van der Waals surface area contributed by atoms with Crippen LogP contribution in [-0.4, -0.2) is 23.3 Å². The summed E-state index contributed by atoms with van der Waals surface area (Å²) in [6, 6.07) is -0.703. The number of carbonyl (C=O) groups excluding carboxylic acids is 1. The van der Waals surface area contributed by atoms with Crippen LogP contribution in [0.2, 0.25) is 0 Å². The van der Waals surface area contributed by atoms with Gasteiger partial charge >= 0.3 is 0 Å². The van der Waals surface area contributed by atoms with Crippen molar-refractivity contribution in [2.75, 3.05) is 0 Å². The second kappa shape index (κ2) is 20.4. The molecule has 0 saturated heterocycles. The van der Waals surface area contributed by atoms with Crippen molar-refractivity contribution in [1.29, 1.82) is 0 Å². The summed E-state index contributed by atoms with van der Waals surface area (Å²) in [7, 11) is 0. The standard InChI is InChI=1S/C26H42NO3/c1-4-5-6-7-8-9-10-11-12-13-14-15-16-17-18-19-20-21-25(28)27-24(26(29)30)22-23(2)3/h5-6,8-9,11-12,14-15,17-18,23-24,26,29H,4,7,10,13,16,19-22H2,1-3H3,(H,27,28)/q-1/b6-5-,9-8-,12-11-,15-14-,18-17-/t24-,26?/m0/s1. The lowest BCUT2D eigenvalue weighted by molar-refractivity contribution is -0.488. The van der Waals surface area contributed by atoms with Crippen LogP contribution in [0.4, 0.5) is 0 Å². The highest BCUT2D eigenvalue weighted by molar-refractivity contribution is 5.76. The summed E-state index contributed by atoms with van der Waals surface area (Å²) in [6.07, 6.45) is 27.2. The number of hydrogen-bond donors (Lipinski definition) is 2. The van der Waals surface area contributed by atoms with Crippen LogP contribution >= 0.6 is 0 Å². The Kier molecular flexibility index (Phi) is 19.1. The molecule has 2 N–H and O–H groups in total. The maximum Gasteiger partial charge on any atom is 0.220 e. The molecule has 2 atom stereocenters. The molecule has 0 aromatic carbocycles. The van der Waals surface area contributed by atoms with E-state index >= 15 is 0 Å². The number of amides is 1. The summed E-state index contributed by atoms with van der Waals surface area (Å²) in [5.41, 5.74) is 0. The number of aliphatic hydroxyl groups is 1. The number of carbonyl (C=O) groups is 1. The Morgan fingerprint density at radius 3 is 1.77 bits per heavy atom. The average Bonchev–Trinajstić information content (AvgIpc) is 2.69. The molecule has 0 heterocycles. The van der Waals surface area contributed by atoms with Crippen LogP contribution in [0, 0.1) is 5.92 Å². The van der Waals surface area contributed by atoms with E-state index in [1.165, 1.54) is 0 Å². The summed E-state index contributed by atoms with van der Waals surface area (Å²) in [5.74, 6) is 0.0862. The maximum absolute atomic E-state index is 11.9. The molecule has 0 spiro atoms. The SMILES string of the molecule is CC/C=C\C/C=C\C/C=C\C/C=C\C/C=C\CCCC(=O)N[C@@H](CC(C)C)C([O-])O. The van der Waals surface area contributed by atoms with E-state index in [0.717, 1.165) is 44.9 Å². The molecule has 0 radical (unpaired) electrons. The minimum absolute atomic E-state index is 0.164. The van der Waals surface area contributed by atoms with E-state index in [1.807, 2.05) is 13.8 Å². The first-order chi connectivity index (χ1) is 14.5. The summed E-state index contributed by atoms with van der Waals surface area (Å²) in [4.78, 5) is 11.9. The Morgan fingerprint density at radius 1 is 0.867 bits per heavy atom. The minimum Gasteiger partial charge on any atom is -0.830 e. The fourth-order valence-electron chi connectivity index (χ4n) is 2.78. The van der Waals surface area contributed by atoms with E-state index in [4.69, 9.17) is 0 Å². The summed E-state index contributed by atoms with van der Waals surface area (Å²) in [5, 5.41) is 23.1. The molecule has 4 nitrogen and oxygen atoms in total. The largest absolute Gasteiger partial charge is 0.830 e. The fourth-order valence-corrected chi connectivity index (χ4v) is 2.78. The van der Waals surface area contributed by atoms with Gasteiger partial charge in [-0.1, -0.05) is 81.5 Å². The third kappa shape index (κ3) is 19.4. The molecule has 1 amide bonds.